The molecule has 0 bridgehead atoms. The van der Waals surface area contributed by atoms with Gasteiger partial charge < -0.3 is 5.73 Å². The molecule has 0 unspecified atom stereocenters. The van der Waals surface area contributed by atoms with Gasteiger partial charge >= 0.3 is 0 Å². The number of nitrogens with two attached hydrogens (primary N) is 1. The molecule has 0 aliphatic carbocycles. The van der Waals surface area contributed by atoms with E-state index in [-0.39, 0.29) is 0 Å². The van der Waals surface area contributed by atoms with Crippen LogP contribution >= 0.6 is 23.1 Å². The standard InChI is InChI=1S/C9H12N4S2/c1-6-8(15-9(10)11-6)14-5-7-3-4-13(2)12-7/h3-4H,5H2,1-2H3,(H2,10,11). The number of rotatable bonds is 3. The molecule has 80 valence electrons. The maximum absolute atomic E-state index is 5.63. The Morgan fingerprint density at radius 3 is 2.93 bits per heavy atom. The maximum Gasteiger partial charge on any atom is 0.181 e. The minimum Gasteiger partial charge on any atom is -0.375 e. The second-order valence-electron chi connectivity index (χ2n) is 3.19. The Labute approximate surface area is 96.5 Å². The van der Waals surface area contributed by atoms with Crippen molar-refractivity contribution in [2.75, 3.05) is 5.73 Å². The molecule has 0 aromatic carbocycles. The van der Waals surface area contributed by atoms with Gasteiger partial charge in [-0.15, -0.1) is 11.8 Å². The number of hydrogen-bond acceptors (Lipinski definition) is 5. The Hall–Kier alpha value is -1.01. The predicted octanol–water partition coefficient (Wildman–Crippen LogP) is 2.06. The van der Waals surface area contributed by atoms with Gasteiger partial charge in [-0.2, -0.15) is 5.10 Å². The van der Waals surface area contributed by atoms with E-state index in [1.165, 1.54) is 15.5 Å². The Kier molecular flexibility index (Phi) is 2.97. The normalized spacial score (nSPS) is 10.8. The second-order valence-corrected chi connectivity index (χ2v) is 5.47. The van der Waals surface area contributed by atoms with E-state index < -0.39 is 0 Å². The molecule has 2 N–H and O–H groups in total. The van der Waals surface area contributed by atoms with Crippen LogP contribution in [0, 0.1) is 6.92 Å². The highest BCUT2D eigenvalue weighted by Crippen LogP contribution is 2.32. The van der Waals surface area contributed by atoms with Gasteiger partial charge in [-0.05, 0) is 13.0 Å². The van der Waals surface area contributed by atoms with Crippen LogP contribution in [0.2, 0.25) is 0 Å². The maximum atomic E-state index is 5.63. The summed E-state index contributed by atoms with van der Waals surface area (Å²) in [5.41, 5.74) is 7.72. The quantitative estimate of drug-likeness (QED) is 0.834. The summed E-state index contributed by atoms with van der Waals surface area (Å²) in [5.74, 6) is 0.864. The Balaban J connectivity index is 2.01. The molecule has 0 saturated carbocycles. The average Bonchev–Trinajstić information content (AvgIpc) is 2.70. The van der Waals surface area contributed by atoms with E-state index in [4.69, 9.17) is 5.73 Å². The molecule has 0 spiro atoms. The van der Waals surface area contributed by atoms with E-state index >= 15 is 0 Å². The predicted molar refractivity (Wildman–Crippen MR) is 64.0 cm³/mol. The molecule has 2 aromatic rings. The Morgan fingerprint density at radius 1 is 1.60 bits per heavy atom. The molecule has 0 amide bonds. The van der Waals surface area contributed by atoms with Gasteiger partial charge in [0.05, 0.1) is 15.6 Å². The van der Waals surface area contributed by atoms with Crippen LogP contribution in [0.3, 0.4) is 0 Å². The Morgan fingerprint density at radius 2 is 2.40 bits per heavy atom. The van der Waals surface area contributed by atoms with Crippen LogP contribution in [-0.2, 0) is 12.8 Å². The zero-order valence-corrected chi connectivity index (χ0v) is 10.2. The molecule has 0 saturated heterocycles. The smallest absolute Gasteiger partial charge is 0.181 e. The highest BCUT2D eigenvalue weighted by Gasteiger charge is 2.06. The van der Waals surface area contributed by atoms with Crippen LogP contribution in [0.5, 0.6) is 0 Å². The van der Waals surface area contributed by atoms with Crippen LogP contribution in [0.4, 0.5) is 5.13 Å². The topological polar surface area (TPSA) is 56.7 Å². The number of hydrogen-bond donors (Lipinski definition) is 1. The van der Waals surface area contributed by atoms with Gasteiger partial charge in [0.1, 0.15) is 0 Å². The minimum atomic E-state index is 0.635. The molecule has 0 fully saturated rings. The third kappa shape index (κ3) is 2.51. The van der Waals surface area contributed by atoms with Gasteiger partial charge in [0.15, 0.2) is 5.13 Å². The van der Waals surface area contributed by atoms with Crippen molar-refractivity contribution in [3.63, 3.8) is 0 Å². The summed E-state index contributed by atoms with van der Waals surface area (Å²) in [6, 6.07) is 2.02. The molecule has 2 heterocycles. The molecule has 2 aromatic heterocycles. The van der Waals surface area contributed by atoms with E-state index in [1.54, 1.807) is 11.8 Å². The van der Waals surface area contributed by atoms with E-state index in [1.807, 2.05) is 30.9 Å². The van der Waals surface area contributed by atoms with Crippen LogP contribution in [0.1, 0.15) is 11.4 Å². The fraction of sp³-hybridized carbons (Fsp3) is 0.333. The van der Waals surface area contributed by atoms with Crippen LogP contribution in [-0.4, -0.2) is 14.8 Å². The molecule has 2 rings (SSSR count). The Bertz CT molecular complexity index is 460. The van der Waals surface area contributed by atoms with Gasteiger partial charge in [-0.25, -0.2) is 4.98 Å². The van der Waals surface area contributed by atoms with Gasteiger partial charge in [0, 0.05) is 19.0 Å². The first-order valence-corrected chi connectivity index (χ1v) is 6.29. The molecular formula is C9H12N4S2. The van der Waals surface area contributed by atoms with Crippen molar-refractivity contribution in [2.45, 2.75) is 16.9 Å². The van der Waals surface area contributed by atoms with Gasteiger partial charge in [-0.1, -0.05) is 11.3 Å². The van der Waals surface area contributed by atoms with E-state index in [0.717, 1.165) is 17.1 Å². The number of thiazole rings is 1. The molecule has 0 aliphatic heterocycles. The first-order valence-electron chi connectivity index (χ1n) is 4.49. The lowest BCUT2D eigenvalue weighted by Gasteiger charge is -1.95. The van der Waals surface area contributed by atoms with Crippen molar-refractivity contribution in [1.29, 1.82) is 0 Å². The van der Waals surface area contributed by atoms with E-state index in [2.05, 4.69) is 10.1 Å². The molecule has 15 heavy (non-hydrogen) atoms. The average molecular weight is 240 g/mol. The highest BCUT2D eigenvalue weighted by atomic mass is 32.2. The largest absolute Gasteiger partial charge is 0.375 e. The SMILES string of the molecule is Cc1nc(N)sc1SCc1ccn(C)n1. The first-order chi connectivity index (χ1) is 7.15. The van der Waals surface area contributed by atoms with Crippen molar-refractivity contribution >= 4 is 28.2 Å². The third-order valence-electron chi connectivity index (χ3n) is 1.89. The van der Waals surface area contributed by atoms with Gasteiger partial charge in [0.2, 0.25) is 0 Å². The second kappa shape index (κ2) is 4.24. The fourth-order valence-electron chi connectivity index (χ4n) is 1.22. The van der Waals surface area contributed by atoms with Crippen LogP contribution in [0.15, 0.2) is 16.5 Å². The molecule has 0 aliphatic rings. The number of thioether (sulfide) groups is 1. The van der Waals surface area contributed by atoms with Gasteiger partial charge in [0.25, 0.3) is 0 Å². The molecular weight excluding hydrogens is 228 g/mol. The van der Waals surface area contributed by atoms with Crippen LogP contribution in [0.25, 0.3) is 0 Å². The summed E-state index contributed by atoms with van der Waals surface area (Å²) in [6.45, 7) is 1.98. The van der Waals surface area contributed by atoms with Gasteiger partial charge in [-0.3, -0.25) is 4.68 Å². The van der Waals surface area contributed by atoms with Crippen molar-refractivity contribution < 1.29 is 0 Å². The van der Waals surface area contributed by atoms with Crippen molar-refractivity contribution in [3.05, 3.63) is 23.7 Å². The molecule has 6 heteroatoms. The highest BCUT2D eigenvalue weighted by molar-refractivity contribution is 8.00. The minimum absolute atomic E-state index is 0.635. The number of aromatic nitrogens is 3. The number of aryl methyl sites for hydroxylation is 2. The van der Waals surface area contributed by atoms with E-state index in [9.17, 15) is 0 Å². The van der Waals surface area contributed by atoms with Crippen LogP contribution < -0.4 is 5.73 Å². The molecule has 4 nitrogen and oxygen atoms in total. The molecule has 0 atom stereocenters. The number of anilines is 1. The lowest BCUT2D eigenvalue weighted by molar-refractivity contribution is 0.755. The fourth-order valence-corrected chi connectivity index (χ4v) is 3.14. The van der Waals surface area contributed by atoms with Crippen molar-refractivity contribution in [3.8, 4) is 0 Å². The number of nitrogens with zero attached hydrogens (tertiary/aromatic N) is 3. The summed E-state index contributed by atoms with van der Waals surface area (Å²) < 4.78 is 2.99. The lowest BCUT2D eigenvalue weighted by atomic mass is 10.5. The number of nitrogen functional groups attached to an aromatic ring is 1. The van der Waals surface area contributed by atoms with Crippen molar-refractivity contribution in [1.82, 2.24) is 14.8 Å². The monoisotopic (exact) mass is 240 g/mol. The van der Waals surface area contributed by atoms with Crippen molar-refractivity contribution in [2.24, 2.45) is 7.05 Å². The third-order valence-corrected chi connectivity index (χ3v) is 4.27. The summed E-state index contributed by atoms with van der Waals surface area (Å²) >= 11 is 3.27. The summed E-state index contributed by atoms with van der Waals surface area (Å²) in [6.07, 6.45) is 1.95. The lowest BCUT2D eigenvalue weighted by Crippen LogP contribution is -1.89. The van der Waals surface area contributed by atoms with E-state index in [0.29, 0.717) is 5.13 Å². The summed E-state index contributed by atoms with van der Waals surface area (Å²) in [5, 5.41) is 4.95. The summed E-state index contributed by atoms with van der Waals surface area (Å²) in [7, 11) is 1.92. The zero-order chi connectivity index (χ0) is 10.8. The zero-order valence-electron chi connectivity index (χ0n) is 8.60. The summed E-state index contributed by atoms with van der Waals surface area (Å²) in [4.78, 5) is 4.18. The molecule has 0 radical (unpaired) electrons. The first kappa shape index (κ1) is 10.5.